The van der Waals surface area contributed by atoms with E-state index in [-0.39, 0.29) is 11.9 Å². The molecule has 146 valence electrons. The summed E-state index contributed by atoms with van der Waals surface area (Å²) in [5, 5.41) is 0. The van der Waals surface area contributed by atoms with Crippen LogP contribution in [0.2, 0.25) is 0 Å². The first-order chi connectivity index (χ1) is 12.4. The molecule has 0 aliphatic heterocycles. The minimum Gasteiger partial charge on any atom is -0.490 e. The SMILES string of the molecule is CC1CCC(C2CCC(Oc3ccc(OCC(F)(F)F)cc3)CC2)CC1. The van der Waals surface area contributed by atoms with Gasteiger partial charge in [-0.2, -0.15) is 13.2 Å². The molecule has 2 nitrogen and oxygen atoms in total. The van der Waals surface area contributed by atoms with Crippen molar-refractivity contribution in [1.29, 1.82) is 0 Å². The number of benzene rings is 1. The van der Waals surface area contributed by atoms with Gasteiger partial charge in [0.25, 0.3) is 0 Å². The van der Waals surface area contributed by atoms with E-state index in [4.69, 9.17) is 9.47 Å². The van der Waals surface area contributed by atoms with Crippen molar-refractivity contribution in [2.45, 2.75) is 70.6 Å². The molecule has 2 fully saturated rings. The second kappa shape index (κ2) is 8.53. The van der Waals surface area contributed by atoms with E-state index in [1.165, 1.54) is 50.7 Å². The summed E-state index contributed by atoms with van der Waals surface area (Å²) in [5.41, 5.74) is 0. The van der Waals surface area contributed by atoms with Crippen LogP contribution in [0.25, 0.3) is 0 Å². The van der Waals surface area contributed by atoms with Crippen molar-refractivity contribution in [2.24, 2.45) is 17.8 Å². The Morgan fingerprint density at radius 2 is 1.31 bits per heavy atom. The predicted molar refractivity (Wildman–Crippen MR) is 95.5 cm³/mol. The Morgan fingerprint density at radius 1 is 0.808 bits per heavy atom. The largest absolute Gasteiger partial charge is 0.490 e. The first kappa shape index (κ1) is 19.4. The van der Waals surface area contributed by atoms with E-state index in [9.17, 15) is 13.2 Å². The number of halogens is 3. The maximum Gasteiger partial charge on any atom is 0.422 e. The summed E-state index contributed by atoms with van der Waals surface area (Å²) in [6, 6.07) is 6.46. The molecule has 2 saturated carbocycles. The lowest BCUT2D eigenvalue weighted by molar-refractivity contribution is -0.153. The molecule has 0 spiro atoms. The summed E-state index contributed by atoms with van der Waals surface area (Å²) in [6.45, 7) is 1.09. The van der Waals surface area contributed by atoms with E-state index >= 15 is 0 Å². The Morgan fingerprint density at radius 3 is 1.85 bits per heavy atom. The highest BCUT2D eigenvalue weighted by Gasteiger charge is 2.31. The van der Waals surface area contributed by atoms with Crippen LogP contribution in [0.3, 0.4) is 0 Å². The highest BCUT2D eigenvalue weighted by atomic mass is 19.4. The van der Waals surface area contributed by atoms with Gasteiger partial charge in [0.15, 0.2) is 6.61 Å². The molecule has 3 rings (SSSR count). The Kier molecular flexibility index (Phi) is 6.36. The van der Waals surface area contributed by atoms with E-state index in [2.05, 4.69) is 6.92 Å². The van der Waals surface area contributed by atoms with Gasteiger partial charge in [0.2, 0.25) is 0 Å². The monoisotopic (exact) mass is 370 g/mol. The molecule has 0 aromatic heterocycles. The zero-order valence-electron chi connectivity index (χ0n) is 15.4. The molecule has 2 aliphatic carbocycles. The van der Waals surface area contributed by atoms with Gasteiger partial charge < -0.3 is 9.47 Å². The van der Waals surface area contributed by atoms with Crippen molar-refractivity contribution in [3.05, 3.63) is 24.3 Å². The molecule has 0 N–H and O–H groups in total. The fraction of sp³-hybridized carbons (Fsp3) is 0.714. The number of hydrogen-bond donors (Lipinski definition) is 0. The lowest BCUT2D eigenvalue weighted by atomic mass is 9.71. The first-order valence-corrected chi connectivity index (χ1v) is 9.85. The van der Waals surface area contributed by atoms with E-state index in [1.807, 2.05) is 0 Å². The first-order valence-electron chi connectivity index (χ1n) is 9.85. The fourth-order valence-corrected chi connectivity index (χ4v) is 4.41. The zero-order valence-corrected chi connectivity index (χ0v) is 15.4. The van der Waals surface area contributed by atoms with Crippen LogP contribution in [0.15, 0.2) is 24.3 Å². The van der Waals surface area contributed by atoms with Crippen LogP contribution in [0.4, 0.5) is 13.2 Å². The summed E-state index contributed by atoms with van der Waals surface area (Å²) in [5.74, 6) is 3.57. The molecule has 1 aromatic carbocycles. The van der Waals surface area contributed by atoms with Crippen LogP contribution in [-0.4, -0.2) is 18.9 Å². The molecule has 0 amide bonds. The predicted octanol–water partition coefficient (Wildman–Crippen LogP) is 6.39. The number of ether oxygens (including phenoxy) is 2. The second-order valence-corrected chi connectivity index (χ2v) is 8.05. The van der Waals surface area contributed by atoms with Crippen LogP contribution in [-0.2, 0) is 0 Å². The smallest absolute Gasteiger partial charge is 0.422 e. The Hall–Kier alpha value is -1.39. The normalized spacial score (nSPS) is 30.0. The molecule has 5 heteroatoms. The minimum atomic E-state index is -4.32. The zero-order chi connectivity index (χ0) is 18.6. The van der Waals surface area contributed by atoms with Crippen LogP contribution < -0.4 is 9.47 Å². The van der Waals surface area contributed by atoms with E-state index in [0.717, 1.165) is 30.6 Å². The van der Waals surface area contributed by atoms with Crippen molar-refractivity contribution in [3.8, 4) is 11.5 Å². The average Bonchev–Trinajstić information content (AvgIpc) is 2.62. The average molecular weight is 370 g/mol. The maximum atomic E-state index is 12.2. The van der Waals surface area contributed by atoms with Gasteiger partial charge >= 0.3 is 6.18 Å². The van der Waals surface area contributed by atoms with Crippen molar-refractivity contribution in [3.63, 3.8) is 0 Å². The Labute approximate surface area is 154 Å². The molecule has 0 atom stereocenters. The standard InChI is InChI=1S/C21H29F3O2/c1-15-2-4-16(5-3-15)17-6-8-19(9-7-17)26-20-12-10-18(11-13-20)25-14-21(22,23)24/h10-13,15-17,19H,2-9,14H2,1H3. The van der Waals surface area contributed by atoms with Crippen LogP contribution in [0, 0.1) is 17.8 Å². The minimum absolute atomic E-state index is 0.213. The third-order valence-electron chi connectivity index (χ3n) is 5.98. The molecular weight excluding hydrogens is 341 g/mol. The molecule has 0 radical (unpaired) electrons. The highest BCUT2D eigenvalue weighted by molar-refractivity contribution is 5.31. The lowest BCUT2D eigenvalue weighted by Crippen LogP contribution is -2.29. The van der Waals surface area contributed by atoms with Gasteiger partial charge in [0.1, 0.15) is 11.5 Å². The van der Waals surface area contributed by atoms with Crippen LogP contribution in [0.1, 0.15) is 58.3 Å². The summed E-state index contributed by atoms with van der Waals surface area (Å²) in [4.78, 5) is 0. The summed E-state index contributed by atoms with van der Waals surface area (Å²) >= 11 is 0. The molecule has 2 aliphatic rings. The van der Waals surface area contributed by atoms with Crippen molar-refractivity contribution >= 4 is 0 Å². The molecular formula is C21H29F3O2. The van der Waals surface area contributed by atoms with Crippen molar-refractivity contribution < 1.29 is 22.6 Å². The second-order valence-electron chi connectivity index (χ2n) is 8.05. The van der Waals surface area contributed by atoms with Gasteiger partial charge in [-0.15, -0.1) is 0 Å². The van der Waals surface area contributed by atoms with Gasteiger partial charge in [0, 0.05) is 0 Å². The summed E-state index contributed by atoms with van der Waals surface area (Å²) in [7, 11) is 0. The Balaban J connectivity index is 1.41. The van der Waals surface area contributed by atoms with Crippen molar-refractivity contribution in [2.75, 3.05) is 6.61 Å². The van der Waals surface area contributed by atoms with Gasteiger partial charge in [-0.05, 0) is 80.5 Å². The highest BCUT2D eigenvalue weighted by Crippen LogP contribution is 2.40. The lowest BCUT2D eigenvalue weighted by Gasteiger charge is -2.37. The van der Waals surface area contributed by atoms with E-state index < -0.39 is 12.8 Å². The van der Waals surface area contributed by atoms with E-state index in [1.54, 1.807) is 12.1 Å². The molecule has 26 heavy (non-hydrogen) atoms. The molecule has 0 heterocycles. The molecule has 0 unspecified atom stereocenters. The third-order valence-corrected chi connectivity index (χ3v) is 5.98. The Bertz CT molecular complexity index is 539. The van der Waals surface area contributed by atoms with Gasteiger partial charge in [-0.3, -0.25) is 0 Å². The molecule has 0 saturated heterocycles. The summed E-state index contributed by atoms with van der Waals surface area (Å²) in [6.07, 6.45) is 6.04. The van der Waals surface area contributed by atoms with Gasteiger partial charge in [0.05, 0.1) is 6.10 Å². The van der Waals surface area contributed by atoms with Gasteiger partial charge in [-0.25, -0.2) is 0 Å². The summed E-state index contributed by atoms with van der Waals surface area (Å²) < 4.78 is 47.2. The topological polar surface area (TPSA) is 18.5 Å². The number of hydrogen-bond acceptors (Lipinski definition) is 2. The van der Waals surface area contributed by atoms with Crippen molar-refractivity contribution in [1.82, 2.24) is 0 Å². The quantitative estimate of drug-likeness (QED) is 0.598. The van der Waals surface area contributed by atoms with E-state index in [0.29, 0.717) is 5.75 Å². The fourth-order valence-electron chi connectivity index (χ4n) is 4.41. The van der Waals surface area contributed by atoms with Crippen LogP contribution in [0.5, 0.6) is 11.5 Å². The number of rotatable bonds is 5. The number of alkyl halides is 3. The third kappa shape index (κ3) is 5.82. The van der Waals surface area contributed by atoms with Crippen LogP contribution >= 0.6 is 0 Å². The molecule has 1 aromatic rings. The molecule has 0 bridgehead atoms. The maximum absolute atomic E-state index is 12.2. The van der Waals surface area contributed by atoms with Gasteiger partial charge in [-0.1, -0.05) is 19.8 Å².